The molecule has 0 saturated carbocycles. The molecule has 1 saturated heterocycles. The van der Waals surface area contributed by atoms with Gasteiger partial charge in [0.15, 0.2) is 0 Å². The summed E-state index contributed by atoms with van der Waals surface area (Å²) in [6.45, 7) is 1.77. The zero-order valence-corrected chi connectivity index (χ0v) is 11.1. The van der Waals surface area contributed by atoms with Gasteiger partial charge in [0.2, 0.25) is 0 Å². The first-order valence-corrected chi connectivity index (χ1v) is 6.29. The highest BCUT2D eigenvalue weighted by molar-refractivity contribution is 5.29. The molecule has 0 bridgehead atoms. The quantitative estimate of drug-likeness (QED) is 0.820. The lowest BCUT2D eigenvalue weighted by Crippen LogP contribution is -2.42. The second-order valence-electron chi connectivity index (χ2n) is 5.08. The van der Waals surface area contributed by atoms with E-state index < -0.39 is 17.3 Å². The highest BCUT2D eigenvalue weighted by Crippen LogP contribution is 2.37. The molecule has 1 fully saturated rings. The van der Waals surface area contributed by atoms with E-state index in [1.54, 1.807) is 7.11 Å². The Balaban J connectivity index is 2.25. The average molecular weight is 273 g/mol. The van der Waals surface area contributed by atoms with Crippen molar-refractivity contribution < 1.29 is 17.9 Å². The van der Waals surface area contributed by atoms with Gasteiger partial charge in [-0.1, -0.05) is 12.1 Å². The Morgan fingerprint density at radius 3 is 2.05 bits per heavy atom. The van der Waals surface area contributed by atoms with Crippen LogP contribution in [-0.4, -0.2) is 32.1 Å². The van der Waals surface area contributed by atoms with Gasteiger partial charge in [-0.3, -0.25) is 0 Å². The molecular weight excluding hydrogens is 255 g/mol. The minimum atomic E-state index is -4.29. The predicted molar refractivity (Wildman–Crippen MR) is 66.9 cm³/mol. The highest BCUT2D eigenvalue weighted by Gasteiger charge is 2.36. The molecule has 0 spiro atoms. The van der Waals surface area contributed by atoms with Crippen molar-refractivity contribution in [2.75, 3.05) is 27.2 Å². The number of nitrogens with zero attached hydrogens (tertiary/aromatic N) is 1. The van der Waals surface area contributed by atoms with Gasteiger partial charge < -0.3 is 9.64 Å². The van der Waals surface area contributed by atoms with Crippen LogP contribution in [0.5, 0.6) is 0 Å². The molecule has 5 heteroatoms. The van der Waals surface area contributed by atoms with E-state index in [0.29, 0.717) is 0 Å². The smallest absolute Gasteiger partial charge is 0.373 e. The van der Waals surface area contributed by atoms with Gasteiger partial charge in [-0.2, -0.15) is 13.2 Å². The summed E-state index contributed by atoms with van der Waals surface area (Å²) in [6.07, 6.45) is -2.69. The van der Waals surface area contributed by atoms with E-state index in [-0.39, 0.29) is 0 Å². The van der Waals surface area contributed by atoms with Gasteiger partial charge >= 0.3 is 6.18 Å². The van der Waals surface area contributed by atoms with E-state index in [1.807, 2.05) is 7.05 Å². The lowest BCUT2D eigenvalue weighted by Gasteiger charge is -2.40. The molecule has 1 aliphatic heterocycles. The van der Waals surface area contributed by atoms with Gasteiger partial charge in [0.25, 0.3) is 0 Å². The van der Waals surface area contributed by atoms with Crippen molar-refractivity contribution in [1.82, 2.24) is 4.90 Å². The Hall–Kier alpha value is -1.07. The Bertz CT molecular complexity index is 419. The number of hydrogen-bond acceptors (Lipinski definition) is 2. The van der Waals surface area contributed by atoms with Crippen molar-refractivity contribution in [3.05, 3.63) is 35.4 Å². The zero-order chi connectivity index (χ0) is 14.1. The van der Waals surface area contributed by atoms with E-state index in [4.69, 9.17) is 4.74 Å². The third kappa shape index (κ3) is 2.92. The van der Waals surface area contributed by atoms with Gasteiger partial charge in [-0.15, -0.1) is 0 Å². The molecule has 1 aliphatic rings. The van der Waals surface area contributed by atoms with Crippen LogP contribution < -0.4 is 0 Å². The summed E-state index contributed by atoms with van der Waals surface area (Å²) in [5.74, 6) is 0. The molecule has 2 rings (SSSR count). The van der Waals surface area contributed by atoms with Crippen molar-refractivity contribution in [2.45, 2.75) is 24.6 Å². The van der Waals surface area contributed by atoms with Crippen LogP contribution in [0.4, 0.5) is 13.2 Å². The fraction of sp³-hybridized carbons (Fsp3) is 0.571. The number of likely N-dealkylation sites (tertiary alicyclic amines) is 1. The molecule has 0 amide bonds. The molecule has 0 aromatic heterocycles. The Morgan fingerprint density at radius 2 is 1.63 bits per heavy atom. The van der Waals surface area contributed by atoms with Gasteiger partial charge in [0.1, 0.15) is 0 Å². The Labute approximate surface area is 111 Å². The van der Waals surface area contributed by atoms with Gasteiger partial charge in [-0.25, -0.2) is 0 Å². The summed E-state index contributed by atoms with van der Waals surface area (Å²) in [4.78, 5) is 2.20. The molecule has 0 aliphatic carbocycles. The monoisotopic (exact) mass is 273 g/mol. The predicted octanol–water partition coefficient (Wildman–Crippen LogP) is 3.27. The van der Waals surface area contributed by atoms with Crippen molar-refractivity contribution in [1.29, 1.82) is 0 Å². The third-order valence-corrected chi connectivity index (χ3v) is 3.92. The largest absolute Gasteiger partial charge is 0.416 e. The SMILES string of the molecule is COC1(c2ccc(C(F)(F)F)cc2)CCN(C)CC1. The van der Waals surface area contributed by atoms with E-state index in [0.717, 1.165) is 43.6 Å². The van der Waals surface area contributed by atoms with Gasteiger partial charge in [-0.05, 0) is 37.6 Å². The Morgan fingerprint density at radius 1 is 1.11 bits per heavy atom. The molecule has 0 unspecified atom stereocenters. The van der Waals surface area contributed by atoms with E-state index in [9.17, 15) is 13.2 Å². The van der Waals surface area contributed by atoms with Crippen LogP contribution in [0, 0.1) is 0 Å². The van der Waals surface area contributed by atoms with Crippen LogP contribution in [0.25, 0.3) is 0 Å². The molecule has 0 N–H and O–H groups in total. The van der Waals surface area contributed by atoms with Crippen LogP contribution in [-0.2, 0) is 16.5 Å². The maximum Gasteiger partial charge on any atom is 0.416 e. The fourth-order valence-electron chi connectivity index (χ4n) is 2.55. The first kappa shape index (κ1) is 14.3. The molecular formula is C14H18F3NO. The highest BCUT2D eigenvalue weighted by atomic mass is 19.4. The number of methoxy groups -OCH3 is 1. The summed E-state index contributed by atoms with van der Waals surface area (Å²) in [7, 11) is 3.66. The molecule has 0 radical (unpaired) electrons. The van der Waals surface area contributed by atoms with Crippen LogP contribution in [0.3, 0.4) is 0 Å². The third-order valence-electron chi connectivity index (χ3n) is 3.92. The van der Waals surface area contributed by atoms with E-state index >= 15 is 0 Å². The first-order chi connectivity index (χ1) is 8.87. The number of rotatable bonds is 2. The van der Waals surface area contributed by atoms with Crippen molar-refractivity contribution >= 4 is 0 Å². The summed E-state index contributed by atoms with van der Waals surface area (Å²) in [5, 5.41) is 0. The van der Waals surface area contributed by atoms with Crippen molar-refractivity contribution in [2.24, 2.45) is 0 Å². The number of benzene rings is 1. The molecule has 106 valence electrons. The average Bonchev–Trinajstić information content (AvgIpc) is 2.39. The molecule has 19 heavy (non-hydrogen) atoms. The topological polar surface area (TPSA) is 12.5 Å². The molecule has 1 aromatic carbocycles. The van der Waals surface area contributed by atoms with Crippen LogP contribution in [0.15, 0.2) is 24.3 Å². The maximum absolute atomic E-state index is 12.6. The lowest BCUT2D eigenvalue weighted by molar-refractivity contribution is -0.137. The van der Waals surface area contributed by atoms with Gasteiger partial charge in [0, 0.05) is 20.2 Å². The summed E-state index contributed by atoms with van der Waals surface area (Å²) in [5.41, 5.74) is -0.233. The standard InChI is InChI=1S/C14H18F3NO/c1-18-9-7-13(19-2,8-10-18)11-3-5-12(6-4-11)14(15,16)17/h3-6H,7-10H2,1-2H3. The number of hydrogen-bond donors (Lipinski definition) is 0. The molecule has 1 aromatic rings. The normalized spacial score (nSPS) is 20.5. The summed E-state index contributed by atoms with van der Waals surface area (Å²) >= 11 is 0. The zero-order valence-electron chi connectivity index (χ0n) is 11.1. The van der Waals surface area contributed by atoms with E-state index in [1.165, 1.54) is 12.1 Å². The van der Waals surface area contributed by atoms with Crippen LogP contribution >= 0.6 is 0 Å². The lowest BCUT2D eigenvalue weighted by atomic mass is 9.84. The second kappa shape index (κ2) is 5.13. The number of ether oxygens (including phenoxy) is 1. The minimum absolute atomic E-state index is 0.448. The molecule has 1 heterocycles. The van der Waals surface area contributed by atoms with Crippen molar-refractivity contribution in [3.63, 3.8) is 0 Å². The number of halogens is 3. The molecule has 0 atom stereocenters. The summed E-state index contributed by atoms with van der Waals surface area (Å²) < 4.78 is 43.3. The maximum atomic E-state index is 12.6. The van der Waals surface area contributed by atoms with Crippen molar-refractivity contribution in [3.8, 4) is 0 Å². The number of piperidine rings is 1. The Kier molecular flexibility index (Phi) is 3.87. The van der Waals surface area contributed by atoms with Crippen LogP contribution in [0.2, 0.25) is 0 Å². The van der Waals surface area contributed by atoms with Gasteiger partial charge in [0.05, 0.1) is 11.2 Å². The van der Waals surface area contributed by atoms with Crippen LogP contribution in [0.1, 0.15) is 24.0 Å². The second-order valence-corrected chi connectivity index (χ2v) is 5.08. The first-order valence-electron chi connectivity index (χ1n) is 6.29. The molecule has 2 nitrogen and oxygen atoms in total. The fourth-order valence-corrected chi connectivity index (χ4v) is 2.55. The van der Waals surface area contributed by atoms with E-state index in [2.05, 4.69) is 4.90 Å². The number of alkyl halides is 3. The summed E-state index contributed by atoms with van der Waals surface area (Å²) in [6, 6.07) is 5.35. The minimum Gasteiger partial charge on any atom is -0.373 e.